The smallest absolute Gasteiger partial charge is 0.271 e. The Balaban J connectivity index is 2.50. The highest BCUT2D eigenvalue weighted by Gasteiger charge is 2.35. The summed E-state index contributed by atoms with van der Waals surface area (Å²) in [6, 6.07) is 4.40. The molecule has 1 heterocycles. The zero-order valence-corrected chi connectivity index (χ0v) is 9.79. The lowest BCUT2D eigenvalue weighted by Gasteiger charge is -2.19. The molecule has 8 heteroatoms. The van der Waals surface area contributed by atoms with Crippen molar-refractivity contribution in [2.24, 2.45) is 5.84 Å². The van der Waals surface area contributed by atoms with Gasteiger partial charge in [0.05, 0.1) is 35.2 Å². The summed E-state index contributed by atoms with van der Waals surface area (Å²) in [6.45, 7) is 0. The molecule has 0 fully saturated rings. The number of alkyl halides is 3. The van der Waals surface area contributed by atoms with E-state index in [4.69, 9.17) is 5.84 Å². The predicted molar refractivity (Wildman–Crippen MR) is 60.5 cm³/mol. The Morgan fingerprint density at radius 1 is 1.28 bits per heavy atom. The van der Waals surface area contributed by atoms with Crippen LogP contribution in [0, 0.1) is 0 Å². The first kappa shape index (κ1) is 12.9. The maximum Gasteiger partial charge on any atom is 0.416 e. The standard InChI is InChI=1S/C10H9F3N4S/c11-10(12,13)7-4-2-1-3-6(7)9(16-14)8-5-15-18-17-8/h1-5,9,16H,14H2. The van der Waals surface area contributed by atoms with Gasteiger partial charge in [0.2, 0.25) is 0 Å². The molecule has 1 unspecified atom stereocenters. The molecule has 2 aromatic rings. The van der Waals surface area contributed by atoms with Crippen molar-refractivity contribution in [1.82, 2.24) is 14.2 Å². The topological polar surface area (TPSA) is 63.8 Å². The van der Waals surface area contributed by atoms with Crippen molar-refractivity contribution in [2.75, 3.05) is 0 Å². The summed E-state index contributed by atoms with van der Waals surface area (Å²) < 4.78 is 46.3. The van der Waals surface area contributed by atoms with E-state index in [9.17, 15) is 13.2 Å². The lowest BCUT2D eigenvalue weighted by molar-refractivity contribution is -0.138. The number of nitrogens with zero attached hydrogens (tertiary/aromatic N) is 2. The van der Waals surface area contributed by atoms with E-state index in [1.807, 2.05) is 0 Å². The molecule has 96 valence electrons. The van der Waals surface area contributed by atoms with Gasteiger partial charge in [-0.1, -0.05) is 18.2 Å². The Morgan fingerprint density at radius 3 is 2.56 bits per heavy atom. The van der Waals surface area contributed by atoms with E-state index < -0.39 is 17.8 Å². The summed E-state index contributed by atoms with van der Waals surface area (Å²) in [5.41, 5.74) is 1.99. The van der Waals surface area contributed by atoms with Gasteiger partial charge in [-0.2, -0.15) is 21.9 Å². The molecule has 1 aromatic carbocycles. The second kappa shape index (κ2) is 5.01. The molecule has 0 saturated heterocycles. The van der Waals surface area contributed by atoms with Crippen molar-refractivity contribution in [3.63, 3.8) is 0 Å². The summed E-state index contributed by atoms with van der Waals surface area (Å²) in [6.07, 6.45) is -3.04. The van der Waals surface area contributed by atoms with Gasteiger partial charge < -0.3 is 0 Å². The number of hydrazine groups is 1. The van der Waals surface area contributed by atoms with Gasteiger partial charge in [0, 0.05) is 0 Å². The predicted octanol–water partition coefficient (Wildman–Crippen LogP) is 2.11. The van der Waals surface area contributed by atoms with Crippen molar-refractivity contribution >= 4 is 11.7 Å². The zero-order valence-electron chi connectivity index (χ0n) is 8.98. The summed E-state index contributed by atoms with van der Waals surface area (Å²) in [5, 5.41) is 0. The Hall–Kier alpha value is -1.51. The molecule has 1 aromatic heterocycles. The number of rotatable bonds is 3. The van der Waals surface area contributed by atoms with E-state index in [0.717, 1.165) is 17.8 Å². The fourth-order valence-electron chi connectivity index (χ4n) is 1.64. The quantitative estimate of drug-likeness (QED) is 0.664. The van der Waals surface area contributed by atoms with Crippen molar-refractivity contribution < 1.29 is 13.2 Å². The Labute approximate surface area is 105 Å². The van der Waals surface area contributed by atoms with Crippen LogP contribution < -0.4 is 11.3 Å². The summed E-state index contributed by atoms with van der Waals surface area (Å²) >= 11 is 0.915. The minimum absolute atomic E-state index is 0.0280. The molecule has 18 heavy (non-hydrogen) atoms. The molecule has 0 spiro atoms. The highest BCUT2D eigenvalue weighted by Crippen LogP contribution is 2.35. The second-order valence-corrected chi connectivity index (χ2v) is 4.07. The maximum atomic E-state index is 12.9. The lowest BCUT2D eigenvalue weighted by atomic mass is 9.98. The van der Waals surface area contributed by atoms with Crippen molar-refractivity contribution in [2.45, 2.75) is 12.2 Å². The molecule has 3 N–H and O–H groups in total. The lowest BCUT2D eigenvalue weighted by Crippen LogP contribution is -2.30. The fraction of sp³-hybridized carbons (Fsp3) is 0.200. The number of halogens is 3. The highest BCUT2D eigenvalue weighted by atomic mass is 32.1. The third kappa shape index (κ3) is 2.50. The second-order valence-electron chi connectivity index (χ2n) is 3.52. The first-order valence-corrected chi connectivity index (χ1v) is 5.66. The molecule has 0 radical (unpaired) electrons. The van der Waals surface area contributed by atoms with Crippen LogP contribution in [0.15, 0.2) is 30.5 Å². The average molecular weight is 274 g/mol. The average Bonchev–Trinajstić information content (AvgIpc) is 2.83. The number of nitrogens with two attached hydrogens (primary N) is 1. The summed E-state index contributed by atoms with van der Waals surface area (Å²) in [4.78, 5) is 0. The largest absolute Gasteiger partial charge is 0.416 e. The minimum atomic E-state index is -4.44. The molecular formula is C10H9F3N4S. The van der Waals surface area contributed by atoms with Gasteiger partial charge in [-0.05, 0) is 11.6 Å². The molecule has 0 amide bonds. The monoisotopic (exact) mass is 274 g/mol. The molecule has 0 saturated carbocycles. The van der Waals surface area contributed by atoms with Crippen LogP contribution in [-0.2, 0) is 6.18 Å². The van der Waals surface area contributed by atoms with Crippen molar-refractivity contribution in [1.29, 1.82) is 0 Å². The third-order valence-corrected chi connectivity index (χ3v) is 2.91. The molecule has 1 atom stereocenters. The van der Waals surface area contributed by atoms with Crippen LogP contribution in [0.25, 0.3) is 0 Å². The van der Waals surface area contributed by atoms with Crippen LogP contribution in [-0.4, -0.2) is 8.75 Å². The van der Waals surface area contributed by atoms with Crippen LogP contribution >= 0.6 is 11.7 Å². The molecule has 2 rings (SSSR count). The Bertz CT molecular complexity index is 512. The van der Waals surface area contributed by atoms with E-state index in [1.165, 1.54) is 24.4 Å². The third-order valence-electron chi connectivity index (χ3n) is 2.42. The minimum Gasteiger partial charge on any atom is -0.271 e. The summed E-state index contributed by atoms with van der Waals surface area (Å²) in [5.74, 6) is 5.33. The maximum absolute atomic E-state index is 12.9. The Morgan fingerprint density at radius 2 is 2.00 bits per heavy atom. The van der Waals surface area contributed by atoms with Crippen LogP contribution in [0.5, 0.6) is 0 Å². The SMILES string of the molecule is NNC(c1cnsn1)c1ccccc1C(F)(F)F. The molecule has 0 aliphatic carbocycles. The van der Waals surface area contributed by atoms with Crippen molar-refractivity contribution in [3.05, 3.63) is 47.3 Å². The van der Waals surface area contributed by atoms with Crippen molar-refractivity contribution in [3.8, 4) is 0 Å². The first-order chi connectivity index (χ1) is 8.54. The van der Waals surface area contributed by atoms with Gasteiger partial charge in [0.25, 0.3) is 0 Å². The summed E-state index contributed by atoms with van der Waals surface area (Å²) in [7, 11) is 0. The van der Waals surface area contributed by atoms with Crippen LogP contribution in [0.1, 0.15) is 22.9 Å². The molecule has 0 aliphatic rings. The zero-order chi connectivity index (χ0) is 13.2. The van der Waals surface area contributed by atoms with E-state index in [0.29, 0.717) is 5.69 Å². The first-order valence-electron chi connectivity index (χ1n) is 4.93. The Kier molecular flexibility index (Phi) is 3.60. The number of benzene rings is 1. The van der Waals surface area contributed by atoms with Gasteiger partial charge in [0.1, 0.15) is 0 Å². The van der Waals surface area contributed by atoms with E-state index in [1.54, 1.807) is 0 Å². The molecule has 0 aliphatic heterocycles. The van der Waals surface area contributed by atoms with Gasteiger partial charge in [-0.25, -0.2) is 5.43 Å². The highest BCUT2D eigenvalue weighted by molar-refractivity contribution is 6.99. The molecule has 0 bridgehead atoms. The van der Waals surface area contributed by atoms with E-state index in [-0.39, 0.29) is 5.56 Å². The van der Waals surface area contributed by atoms with Gasteiger partial charge in [-0.3, -0.25) is 5.84 Å². The van der Waals surface area contributed by atoms with Gasteiger partial charge >= 0.3 is 6.18 Å². The van der Waals surface area contributed by atoms with Crippen LogP contribution in [0.4, 0.5) is 13.2 Å². The van der Waals surface area contributed by atoms with E-state index >= 15 is 0 Å². The number of hydrogen-bond donors (Lipinski definition) is 2. The number of nitrogens with one attached hydrogen (secondary N) is 1. The van der Waals surface area contributed by atoms with Crippen LogP contribution in [0.3, 0.4) is 0 Å². The van der Waals surface area contributed by atoms with E-state index in [2.05, 4.69) is 14.2 Å². The fourth-order valence-corrected chi connectivity index (χ4v) is 2.09. The molecule has 4 nitrogen and oxygen atoms in total. The van der Waals surface area contributed by atoms with Gasteiger partial charge in [-0.15, -0.1) is 0 Å². The normalized spacial score (nSPS) is 13.6. The van der Waals surface area contributed by atoms with Crippen LogP contribution in [0.2, 0.25) is 0 Å². The molecular weight excluding hydrogens is 265 g/mol. The number of hydrogen-bond acceptors (Lipinski definition) is 5. The number of aromatic nitrogens is 2. The van der Waals surface area contributed by atoms with Gasteiger partial charge in [0.15, 0.2) is 0 Å².